The van der Waals surface area contributed by atoms with Gasteiger partial charge in [0.15, 0.2) is 11.5 Å². The summed E-state index contributed by atoms with van der Waals surface area (Å²) < 4.78 is 16.5. The molecule has 0 aliphatic carbocycles. The maximum Gasteiger partial charge on any atom is 0.241 e. The minimum Gasteiger partial charge on any atom is -0.493 e. The number of benzene rings is 2. The lowest BCUT2D eigenvalue weighted by Crippen LogP contribution is -2.44. The highest BCUT2D eigenvalue weighted by Gasteiger charge is 2.27. The van der Waals surface area contributed by atoms with Crippen molar-refractivity contribution in [3.63, 3.8) is 0 Å². The number of piperidine rings is 1. The third kappa shape index (κ3) is 6.10. The lowest BCUT2D eigenvalue weighted by molar-refractivity contribution is -0.127. The Labute approximate surface area is 193 Å². The molecule has 2 aromatic carbocycles. The zero-order valence-electron chi connectivity index (χ0n) is 19.1. The van der Waals surface area contributed by atoms with Crippen molar-refractivity contribution in [2.75, 3.05) is 26.8 Å². The van der Waals surface area contributed by atoms with Gasteiger partial charge < -0.3 is 19.3 Å². The molecule has 1 aliphatic rings. The van der Waals surface area contributed by atoms with Crippen molar-refractivity contribution in [1.82, 2.24) is 20.4 Å². The standard InChI is InChI=1S/C25H30N4O4/c1-18(17-32-22-11-7-6-10-21(22)31-2)26-25(30)20-12-14-29(15-13-20)16-23-27-24(28-33-23)19-8-4-3-5-9-19/h3-11,18,20H,12-17H2,1-2H3,(H,26,30). The Hall–Kier alpha value is -3.39. The Morgan fingerprint density at radius 1 is 1.12 bits per heavy atom. The van der Waals surface area contributed by atoms with Crippen molar-refractivity contribution in [1.29, 1.82) is 0 Å². The summed E-state index contributed by atoms with van der Waals surface area (Å²) in [5, 5.41) is 7.16. The first kappa shape index (κ1) is 22.8. The van der Waals surface area contributed by atoms with Crippen molar-refractivity contribution >= 4 is 5.91 Å². The number of amides is 1. The van der Waals surface area contributed by atoms with Crippen LogP contribution in [0.2, 0.25) is 0 Å². The Balaban J connectivity index is 1.20. The van der Waals surface area contributed by atoms with E-state index in [1.165, 1.54) is 0 Å². The zero-order valence-corrected chi connectivity index (χ0v) is 19.1. The van der Waals surface area contributed by atoms with Crippen LogP contribution in [0.1, 0.15) is 25.7 Å². The molecule has 8 heteroatoms. The number of carbonyl (C=O) groups excluding carboxylic acids is 1. The van der Waals surface area contributed by atoms with Gasteiger partial charge >= 0.3 is 0 Å². The SMILES string of the molecule is COc1ccccc1OCC(C)NC(=O)C1CCN(Cc2nc(-c3ccccc3)no2)CC1. The molecule has 1 amide bonds. The van der Waals surface area contributed by atoms with E-state index in [0.717, 1.165) is 31.5 Å². The average molecular weight is 451 g/mol. The van der Waals surface area contributed by atoms with E-state index in [1.807, 2.05) is 61.5 Å². The van der Waals surface area contributed by atoms with Crippen molar-refractivity contribution in [3.05, 3.63) is 60.5 Å². The van der Waals surface area contributed by atoms with E-state index in [-0.39, 0.29) is 17.9 Å². The minimum atomic E-state index is -0.102. The van der Waals surface area contributed by atoms with Gasteiger partial charge in [-0.25, -0.2) is 0 Å². The second kappa shape index (κ2) is 11.0. The third-order valence-electron chi connectivity index (χ3n) is 5.76. The normalized spacial score (nSPS) is 15.7. The van der Waals surface area contributed by atoms with E-state index in [4.69, 9.17) is 14.0 Å². The summed E-state index contributed by atoms with van der Waals surface area (Å²) in [6.45, 7) is 4.55. The Kier molecular flexibility index (Phi) is 7.57. The fourth-order valence-corrected chi connectivity index (χ4v) is 3.92. The van der Waals surface area contributed by atoms with Gasteiger partial charge in [0.05, 0.1) is 19.7 Å². The molecule has 1 N–H and O–H groups in total. The van der Waals surface area contributed by atoms with Crippen LogP contribution in [0.3, 0.4) is 0 Å². The van der Waals surface area contributed by atoms with E-state index in [2.05, 4.69) is 20.4 Å². The summed E-state index contributed by atoms with van der Waals surface area (Å²) in [7, 11) is 1.61. The molecule has 0 bridgehead atoms. The van der Waals surface area contributed by atoms with Crippen LogP contribution in [0.25, 0.3) is 11.4 Å². The van der Waals surface area contributed by atoms with Gasteiger partial charge in [-0.2, -0.15) is 4.98 Å². The quantitative estimate of drug-likeness (QED) is 0.533. The number of aromatic nitrogens is 2. The Morgan fingerprint density at radius 3 is 2.55 bits per heavy atom. The van der Waals surface area contributed by atoms with Gasteiger partial charge in [-0.05, 0) is 45.0 Å². The maximum atomic E-state index is 12.7. The van der Waals surface area contributed by atoms with Gasteiger partial charge in [0.2, 0.25) is 17.6 Å². The lowest BCUT2D eigenvalue weighted by atomic mass is 9.95. The van der Waals surface area contributed by atoms with Gasteiger partial charge in [-0.1, -0.05) is 47.6 Å². The molecule has 33 heavy (non-hydrogen) atoms. The van der Waals surface area contributed by atoms with E-state index in [0.29, 0.717) is 36.4 Å². The van der Waals surface area contributed by atoms with E-state index >= 15 is 0 Å². The van der Waals surface area contributed by atoms with Crippen molar-refractivity contribution in [2.45, 2.75) is 32.4 Å². The number of hydrogen-bond donors (Lipinski definition) is 1. The van der Waals surface area contributed by atoms with Crippen LogP contribution in [0.5, 0.6) is 11.5 Å². The Morgan fingerprint density at radius 2 is 1.82 bits per heavy atom. The first-order chi connectivity index (χ1) is 16.1. The molecule has 1 saturated heterocycles. The monoisotopic (exact) mass is 450 g/mol. The van der Waals surface area contributed by atoms with Gasteiger partial charge in [0.25, 0.3) is 0 Å². The molecule has 4 rings (SSSR count). The predicted molar refractivity (Wildman–Crippen MR) is 124 cm³/mol. The van der Waals surface area contributed by atoms with E-state index < -0.39 is 0 Å². The molecule has 174 valence electrons. The predicted octanol–water partition coefficient (Wildman–Crippen LogP) is 3.54. The van der Waals surface area contributed by atoms with Crippen molar-refractivity contribution in [2.24, 2.45) is 5.92 Å². The molecule has 1 aliphatic heterocycles. The second-order valence-corrected chi connectivity index (χ2v) is 8.30. The fraction of sp³-hybridized carbons (Fsp3) is 0.400. The molecule has 1 fully saturated rings. The highest BCUT2D eigenvalue weighted by atomic mass is 16.5. The van der Waals surface area contributed by atoms with Crippen LogP contribution in [0.15, 0.2) is 59.1 Å². The molecule has 1 unspecified atom stereocenters. The average Bonchev–Trinajstić information content (AvgIpc) is 3.32. The summed E-state index contributed by atoms with van der Waals surface area (Å²) in [4.78, 5) is 19.5. The van der Waals surface area contributed by atoms with Crippen LogP contribution in [-0.2, 0) is 11.3 Å². The number of likely N-dealkylation sites (tertiary alicyclic amines) is 1. The number of para-hydroxylation sites is 2. The maximum absolute atomic E-state index is 12.7. The highest BCUT2D eigenvalue weighted by Crippen LogP contribution is 2.26. The van der Waals surface area contributed by atoms with Crippen molar-refractivity contribution in [3.8, 4) is 22.9 Å². The van der Waals surface area contributed by atoms with Gasteiger partial charge in [-0.15, -0.1) is 0 Å². The minimum absolute atomic E-state index is 0.00229. The molecule has 1 aromatic heterocycles. The first-order valence-corrected chi connectivity index (χ1v) is 11.3. The molecule has 0 radical (unpaired) electrons. The number of carbonyl (C=O) groups is 1. The highest BCUT2D eigenvalue weighted by molar-refractivity contribution is 5.79. The summed E-state index contributed by atoms with van der Waals surface area (Å²) in [6, 6.07) is 17.2. The van der Waals surface area contributed by atoms with Crippen LogP contribution in [0.4, 0.5) is 0 Å². The second-order valence-electron chi connectivity index (χ2n) is 8.30. The lowest BCUT2D eigenvalue weighted by Gasteiger charge is -2.30. The summed E-state index contributed by atoms with van der Waals surface area (Å²) in [5.74, 6) is 2.63. The summed E-state index contributed by atoms with van der Waals surface area (Å²) in [5.41, 5.74) is 0.937. The van der Waals surface area contributed by atoms with Gasteiger partial charge in [0, 0.05) is 11.5 Å². The topological polar surface area (TPSA) is 89.7 Å². The zero-order chi connectivity index (χ0) is 23.0. The summed E-state index contributed by atoms with van der Waals surface area (Å²) in [6.07, 6.45) is 1.59. The van der Waals surface area contributed by atoms with Crippen LogP contribution in [-0.4, -0.2) is 53.8 Å². The molecule has 3 aromatic rings. The molecular weight excluding hydrogens is 420 g/mol. The molecule has 0 spiro atoms. The molecule has 2 heterocycles. The number of hydrogen-bond acceptors (Lipinski definition) is 7. The van der Waals surface area contributed by atoms with Gasteiger partial charge in [0.1, 0.15) is 6.61 Å². The number of rotatable bonds is 9. The molecule has 0 saturated carbocycles. The molecule has 1 atom stereocenters. The number of methoxy groups -OCH3 is 1. The number of ether oxygens (including phenoxy) is 2. The smallest absolute Gasteiger partial charge is 0.241 e. The third-order valence-corrected chi connectivity index (χ3v) is 5.76. The van der Waals surface area contributed by atoms with Crippen LogP contribution in [0, 0.1) is 5.92 Å². The van der Waals surface area contributed by atoms with Crippen LogP contribution < -0.4 is 14.8 Å². The van der Waals surface area contributed by atoms with Gasteiger partial charge in [-0.3, -0.25) is 9.69 Å². The fourth-order valence-electron chi connectivity index (χ4n) is 3.92. The largest absolute Gasteiger partial charge is 0.493 e. The summed E-state index contributed by atoms with van der Waals surface area (Å²) >= 11 is 0. The van der Waals surface area contributed by atoms with E-state index in [1.54, 1.807) is 7.11 Å². The molecular formula is C25H30N4O4. The van der Waals surface area contributed by atoms with Crippen molar-refractivity contribution < 1.29 is 18.8 Å². The number of nitrogens with zero attached hydrogens (tertiary/aromatic N) is 3. The van der Waals surface area contributed by atoms with Crippen LogP contribution >= 0.6 is 0 Å². The molecule has 8 nitrogen and oxygen atoms in total. The van der Waals surface area contributed by atoms with E-state index in [9.17, 15) is 4.79 Å². The first-order valence-electron chi connectivity index (χ1n) is 11.3. The Bertz CT molecular complexity index is 1030. The number of nitrogens with one attached hydrogen (secondary N) is 1.